The molecule has 1 aliphatic rings. The normalized spacial score (nSPS) is 14.9. The van der Waals surface area contributed by atoms with Crippen molar-refractivity contribution < 1.29 is 13.9 Å². The van der Waals surface area contributed by atoms with Gasteiger partial charge in [0.25, 0.3) is 0 Å². The van der Waals surface area contributed by atoms with Crippen molar-refractivity contribution in [2.75, 3.05) is 32.5 Å². The fraction of sp³-hybridized carbons (Fsp3) is 0.375. The molecule has 5 heterocycles. The van der Waals surface area contributed by atoms with E-state index in [4.69, 9.17) is 15.2 Å². The van der Waals surface area contributed by atoms with Gasteiger partial charge in [-0.2, -0.15) is 9.97 Å². The van der Waals surface area contributed by atoms with Crippen molar-refractivity contribution in [1.29, 1.82) is 0 Å². The highest BCUT2D eigenvalue weighted by atomic mass is 19.1. The summed E-state index contributed by atoms with van der Waals surface area (Å²) in [4.78, 5) is 24.1. The van der Waals surface area contributed by atoms with Crippen LogP contribution >= 0.6 is 0 Å². The van der Waals surface area contributed by atoms with E-state index in [2.05, 4.69) is 36.9 Å². The van der Waals surface area contributed by atoms with Gasteiger partial charge in [-0.25, -0.2) is 14.4 Å². The van der Waals surface area contributed by atoms with Crippen LogP contribution in [0.3, 0.4) is 0 Å². The Kier molecular flexibility index (Phi) is 6.41. The highest BCUT2D eigenvalue weighted by Crippen LogP contribution is 2.29. The van der Waals surface area contributed by atoms with E-state index in [1.54, 1.807) is 12.4 Å². The molecular weight excluding hydrogens is 451 g/mol. The molecule has 0 atom stereocenters. The van der Waals surface area contributed by atoms with E-state index in [1.807, 2.05) is 23.6 Å². The Labute approximate surface area is 202 Å². The molecule has 0 saturated carbocycles. The van der Waals surface area contributed by atoms with Crippen LogP contribution in [0, 0.1) is 5.82 Å². The summed E-state index contributed by atoms with van der Waals surface area (Å²) in [5.41, 5.74) is 8.43. The van der Waals surface area contributed by atoms with Gasteiger partial charge in [-0.1, -0.05) is 6.07 Å². The van der Waals surface area contributed by atoms with Gasteiger partial charge in [-0.05, 0) is 38.4 Å². The molecular formula is C24H27FN8O2. The predicted octanol–water partition coefficient (Wildman–Crippen LogP) is 2.92. The third-order valence-corrected chi connectivity index (χ3v) is 5.93. The molecule has 182 valence electrons. The van der Waals surface area contributed by atoms with Gasteiger partial charge in [-0.3, -0.25) is 4.98 Å². The Morgan fingerprint density at radius 3 is 2.66 bits per heavy atom. The monoisotopic (exact) mass is 478 g/mol. The number of rotatable bonds is 7. The Morgan fingerprint density at radius 2 is 1.94 bits per heavy atom. The molecule has 0 amide bonds. The van der Waals surface area contributed by atoms with Gasteiger partial charge in [-0.15, -0.1) is 0 Å². The molecule has 0 aromatic carbocycles. The standard InChI is InChI=1S/C24H27FN8O2/c1-3-34-24-30-21(26)20-23(31-24)33(22(29-20)16-10-17(25)13-27-12-16)14-15-4-5-19(28-11-15)35-18-6-8-32(2)9-7-18/h4-5,10-13,18H,3,6-9,14H2,1-2H3,(H2,26,30,31). The Balaban J connectivity index is 1.48. The second kappa shape index (κ2) is 9.79. The number of aromatic nitrogens is 6. The zero-order valence-electron chi connectivity index (χ0n) is 19.7. The largest absolute Gasteiger partial charge is 0.474 e. The Morgan fingerprint density at radius 1 is 1.11 bits per heavy atom. The average molecular weight is 479 g/mol. The molecule has 0 bridgehead atoms. The molecule has 1 aliphatic heterocycles. The van der Waals surface area contributed by atoms with Crippen LogP contribution < -0.4 is 15.2 Å². The summed E-state index contributed by atoms with van der Waals surface area (Å²) in [5, 5.41) is 0. The van der Waals surface area contributed by atoms with Crippen molar-refractivity contribution in [3.8, 4) is 23.3 Å². The first-order chi connectivity index (χ1) is 17.0. The van der Waals surface area contributed by atoms with E-state index in [-0.39, 0.29) is 17.9 Å². The Hall–Kier alpha value is -3.86. The van der Waals surface area contributed by atoms with Gasteiger partial charge in [0.1, 0.15) is 17.7 Å². The van der Waals surface area contributed by atoms with Crippen molar-refractivity contribution in [1.82, 2.24) is 34.4 Å². The number of nitrogens with two attached hydrogens (primary N) is 1. The number of nitrogens with zero attached hydrogens (tertiary/aromatic N) is 7. The summed E-state index contributed by atoms with van der Waals surface area (Å²) < 4.78 is 27.4. The molecule has 0 spiro atoms. The smallest absolute Gasteiger partial charge is 0.320 e. The van der Waals surface area contributed by atoms with E-state index >= 15 is 0 Å². The van der Waals surface area contributed by atoms with Crippen LogP contribution in [0.1, 0.15) is 25.3 Å². The lowest BCUT2D eigenvalue weighted by Gasteiger charge is -2.28. The topological polar surface area (TPSA) is 117 Å². The van der Waals surface area contributed by atoms with Crippen LogP contribution in [-0.4, -0.2) is 67.2 Å². The van der Waals surface area contributed by atoms with Gasteiger partial charge in [0.15, 0.2) is 17.0 Å². The average Bonchev–Trinajstić information content (AvgIpc) is 3.21. The highest BCUT2D eigenvalue weighted by molar-refractivity contribution is 5.85. The maximum atomic E-state index is 14.0. The van der Waals surface area contributed by atoms with Crippen LogP contribution in [-0.2, 0) is 6.54 Å². The summed E-state index contributed by atoms with van der Waals surface area (Å²) in [6.45, 7) is 4.63. The van der Waals surface area contributed by atoms with Crippen molar-refractivity contribution in [3.05, 3.63) is 48.2 Å². The van der Waals surface area contributed by atoms with Crippen molar-refractivity contribution in [2.45, 2.75) is 32.4 Å². The van der Waals surface area contributed by atoms with Crippen molar-refractivity contribution in [3.63, 3.8) is 0 Å². The summed E-state index contributed by atoms with van der Waals surface area (Å²) >= 11 is 0. The van der Waals surface area contributed by atoms with Gasteiger partial charge in [0, 0.05) is 37.1 Å². The third kappa shape index (κ3) is 4.99. The number of ether oxygens (including phenoxy) is 2. The lowest BCUT2D eigenvalue weighted by molar-refractivity contribution is 0.110. The summed E-state index contributed by atoms with van der Waals surface area (Å²) in [6, 6.07) is 5.34. The van der Waals surface area contributed by atoms with Crippen LogP contribution in [0.5, 0.6) is 11.9 Å². The fourth-order valence-corrected chi connectivity index (χ4v) is 4.13. The number of nitrogen functional groups attached to an aromatic ring is 1. The molecule has 0 radical (unpaired) electrons. The van der Waals surface area contributed by atoms with E-state index in [9.17, 15) is 4.39 Å². The fourth-order valence-electron chi connectivity index (χ4n) is 4.13. The number of piperidine rings is 1. The number of anilines is 1. The Bertz CT molecular complexity index is 1320. The highest BCUT2D eigenvalue weighted by Gasteiger charge is 2.21. The van der Waals surface area contributed by atoms with Crippen molar-refractivity contribution >= 4 is 17.0 Å². The van der Waals surface area contributed by atoms with Gasteiger partial charge in [0.05, 0.1) is 19.3 Å². The molecule has 35 heavy (non-hydrogen) atoms. The number of hydrogen-bond acceptors (Lipinski definition) is 9. The number of hydrogen-bond donors (Lipinski definition) is 1. The number of fused-ring (bicyclic) bond motifs is 1. The maximum Gasteiger partial charge on any atom is 0.320 e. The first-order valence-corrected chi connectivity index (χ1v) is 11.6. The first kappa shape index (κ1) is 22.9. The number of pyridine rings is 2. The summed E-state index contributed by atoms with van der Waals surface area (Å²) in [5.74, 6) is 0.780. The zero-order chi connectivity index (χ0) is 24.4. The van der Waals surface area contributed by atoms with E-state index in [0.717, 1.165) is 37.7 Å². The van der Waals surface area contributed by atoms with E-state index in [0.29, 0.717) is 41.6 Å². The minimum Gasteiger partial charge on any atom is -0.474 e. The second-order valence-electron chi connectivity index (χ2n) is 8.54. The molecule has 4 aromatic heterocycles. The summed E-state index contributed by atoms with van der Waals surface area (Å²) in [6.07, 6.45) is 6.59. The lowest BCUT2D eigenvalue weighted by Crippen LogP contribution is -2.35. The molecule has 0 aliphatic carbocycles. The maximum absolute atomic E-state index is 14.0. The SMILES string of the molecule is CCOc1nc(N)c2nc(-c3cncc(F)c3)n(Cc3ccc(OC4CCN(C)CC4)nc3)c2n1. The van der Waals surface area contributed by atoms with E-state index in [1.165, 1.54) is 6.07 Å². The quantitative estimate of drug-likeness (QED) is 0.428. The van der Waals surface area contributed by atoms with Gasteiger partial charge >= 0.3 is 6.01 Å². The van der Waals surface area contributed by atoms with Gasteiger partial charge in [0.2, 0.25) is 5.88 Å². The molecule has 1 saturated heterocycles. The van der Waals surface area contributed by atoms with Crippen LogP contribution in [0.4, 0.5) is 10.2 Å². The van der Waals surface area contributed by atoms with Gasteiger partial charge < -0.3 is 24.7 Å². The van der Waals surface area contributed by atoms with Crippen molar-refractivity contribution in [2.24, 2.45) is 0 Å². The molecule has 0 unspecified atom stereocenters. The van der Waals surface area contributed by atoms with E-state index < -0.39 is 5.82 Å². The van der Waals surface area contributed by atoms with Crippen LogP contribution in [0.15, 0.2) is 36.8 Å². The second-order valence-corrected chi connectivity index (χ2v) is 8.54. The molecule has 2 N–H and O–H groups in total. The molecule has 1 fully saturated rings. The number of halogens is 1. The van der Waals surface area contributed by atoms with Crippen LogP contribution in [0.2, 0.25) is 0 Å². The van der Waals surface area contributed by atoms with Crippen LogP contribution in [0.25, 0.3) is 22.6 Å². The minimum absolute atomic E-state index is 0.155. The number of likely N-dealkylation sites (tertiary alicyclic amines) is 1. The lowest BCUT2D eigenvalue weighted by atomic mass is 10.1. The molecule has 5 rings (SSSR count). The molecule has 11 heteroatoms. The number of imidazole rings is 1. The molecule has 10 nitrogen and oxygen atoms in total. The zero-order valence-corrected chi connectivity index (χ0v) is 19.7. The minimum atomic E-state index is -0.466. The predicted molar refractivity (Wildman–Crippen MR) is 129 cm³/mol. The summed E-state index contributed by atoms with van der Waals surface area (Å²) in [7, 11) is 2.12. The first-order valence-electron chi connectivity index (χ1n) is 11.6. The molecule has 4 aromatic rings. The third-order valence-electron chi connectivity index (χ3n) is 5.93.